The number of furan rings is 1. The Morgan fingerprint density at radius 3 is 1.15 bits per heavy atom. The molecule has 0 unspecified atom stereocenters. The lowest BCUT2D eigenvalue weighted by molar-refractivity contribution is -0.281. The number of rotatable bonds is 0. The number of hydrogen-bond donors (Lipinski definition) is 8. The van der Waals surface area contributed by atoms with Crippen LogP contribution in [0.15, 0.2) is 107 Å². The van der Waals surface area contributed by atoms with Crippen LogP contribution in [0.3, 0.4) is 0 Å². The minimum absolute atomic E-state index is 0.00679. The Morgan fingerprint density at radius 2 is 0.726 bits per heavy atom. The van der Waals surface area contributed by atoms with Gasteiger partial charge in [-0.1, -0.05) is 125 Å². The van der Waals surface area contributed by atoms with Crippen molar-refractivity contribution in [3.05, 3.63) is 210 Å². The Hall–Kier alpha value is -9.36. The second-order valence-electron chi connectivity index (χ2n) is 42.8. The molecule has 12 atom stereocenters. The zero-order valence-electron chi connectivity index (χ0n) is 75.7. The Morgan fingerprint density at radius 1 is 0.379 bits per heavy atom. The van der Waals surface area contributed by atoms with Crippen LogP contribution in [0.1, 0.15) is 289 Å². The summed E-state index contributed by atoms with van der Waals surface area (Å²) in [5.41, 5.74) is 8.81. The van der Waals surface area contributed by atoms with E-state index in [4.69, 9.17) is 29.9 Å². The molecule has 8 heterocycles. The average Bonchev–Trinajstić information content (AvgIpc) is 1.23. The number of Topliss-reactive ketones (excluding diaryl/α,β-unsaturated/α-hetero) is 3. The highest BCUT2D eigenvalue weighted by atomic mass is 16.7. The molecule has 6 aromatic rings. The maximum Gasteiger partial charge on any atom is 0.345 e. The Kier molecular flexibility index (Phi) is 22.6. The molecule has 7 fully saturated rings. The van der Waals surface area contributed by atoms with Crippen LogP contribution in [-0.4, -0.2) is 121 Å². The summed E-state index contributed by atoms with van der Waals surface area (Å²) in [4.78, 5) is 133. The number of allylic oxidation sites excluding steroid dienone is 4. The van der Waals surface area contributed by atoms with E-state index in [1.165, 1.54) is 16.7 Å². The maximum absolute atomic E-state index is 12.7. The van der Waals surface area contributed by atoms with Crippen LogP contribution in [0.25, 0.3) is 4.85 Å². The highest BCUT2D eigenvalue weighted by Gasteiger charge is 2.67. The van der Waals surface area contributed by atoms with Crippen molar-refractivity contribution >= 4 is 17.3 Å². The van der Waals surface area contributed by atoms with E-state index in [9.17, 15) is 53.7 Å². The van der Waals surface area contributed by atoms with Gasteiger partial charge in [0.2, 0.25) is 5.70 Å². The molecule has 0 amide bonds. The number of nitrogens with zero attached hydrogens (tertiary/aromatic N) is 6. The van der Waals surface area contributed by atoms with Gasteiger partial charge in [-0.25, -0.2) is 53.7 Å². The third kappa shape index (κ3) is 14.0. The van der Waals surface area contributed by atoms with Crippen LogP contribution in [-0.2, 0) is 104 Å². The van der Waals surface area contributed by atoms with E-state index in [-0.39, 0.29) is 112 Å². The predicted octanol–water partition coefficient (Wildman–Crippen LogP) is 14.6. The molecule has 27 heteroatoms. The summed E-state index contributed by atoms with van der Waals surface area (Å²) in [7, 11) is 0. The first-order valence-corrected chi connectivity index (χ1v) is 44.8. The van der Waals surface area contributed by atoms with Crippen LogP contribution in [0.4, 0.5) is 0 Å². The Labute approximate surface area is 724 Å². The first-order valence-electron chi connectivity index (χ1n) is 44.8. The van der Waals surface area contributed by atoms with Crippen LogP contribution in [0.2, 0.25) is 0 Å². The van der Waals surface area contributed by atoms with Gasteiger partial charge in [0, 0.05) is 155 Å². The second kappa shape index (κ2) is 31.3. The highest BCUT2D eigenvalue weighted by Crippen LogP contribution is 2.66. The fraction of sp³-hybridized carbons (Fsp3) is 0.649. The molecular formula is C97H127N11O16. The van der Waals surface area contributed by atoms with Crippen molar-refractivity contribution in [3.63, 3.8) is 0 Å². The summed E-state index contributed by atoms with van der Waals surface area (Å²) in [6.07, 6.45) is 29.8. The van der Waals surface area contributed by atoms with Crippen molar-refractivity contribution in [2.24, 2.45) is 68.0 Å². The zero-order valence-corrected chi connectivity index (χ0v) is 75.7. The van der Waals surface area contributed by atoms with Gasteiger partial charge in [0.15, 0.2) is 23.1 Å². The van der Waals surface area contributed by atoms with E-state index >= 15 is 0 Å². The van der Waals surface area contributed by atoms with Gasteiger partial charge < -0.3 is 63.6 Å². The average molecular weight is 1700 g/mol. The Bertz CT molecular complexity index is 5710. The van der Waals surface area contributed by atoms with Crippen LogP contribution >= 0.6 is 0 Å². The number of nitrogens with one attached hydrogen (secondary N) is 5. The normalized spacial score (nSPS) is 33.5. The molecule has 2 spiro atoms. The number of carbonyl (C=O) groups is 3. The van der Waals surface area contributed by atoms with Gasteiger partial charge in [-0.2, -0.15) is 0 Å². The minimum atomic E-state index is -0.556. The molecule has 14 aliphatic rings. The number of aromatic amines is 5. The smallest absolute Gasteiger partial charge is 0.345 e. The van der Waals surface area contributed by atoms with Crippen molar-refractivity contribution in [3.8, 4) is 0 Å². The van der Waals surface area contributed by atoms with Gasteiger partial charge in [0.1, 0.15) is 17.3 Å². The monoisotopic (exact) mass is 1700 g/mol. The number of aryl methyl sites for hydroxylation is 5. The summed E-state index contributed by atoms with van der Waals surface area (Å²) >= 11 is 0. The lowest BCUT2D eigenvalue weighted by Gasteiger charge is -2.59. The number of hydrogen-bond acceptors (Lipinski definition) is 21. The van der Waals surface area contributed by atoms with Crippen LogP contribution < -0.4 is 28.4 Å². The number of carbonyl (C=O) groups excluding carboxylic acids is 3. The second-order valence-corrected chi connectivity index (χ2v) is 42.8. The number of H-pyrrole nitrogens is 5. The van der Waals surface area contributed by atoms with E-state index in [1.54, 1.807) is 37.2 Å². The summed E-state index contributed by atoms with van der Waals surface area (Å²) < 4.78 is 29.9. The molecule has 8 N–H and O–H groups in total. The largest absolute Gasteiger partial charge is 0.523 e. The van der Waals surface area contributed by atoms with Gasteiger partial charge in [0.25, 0.3) is 0 Å². The molecule has 666 valence electrons. The van der Waals surface area contributed by atoms with Crippen LogP contribution in [0, 0.1) is 74.6 Å². The zero-order chi connectivity index (χ0) is 89.7. The first-order chi connectivity index (χ1) is 58.1. The van der Waals surface area contributed by atoms with Gasteiger partial charge >= 0.3 is 28.4 Å². The number of aliphatic hydroxyl groups excluding tert-OH is 3. The van der Waals surface area contributed by atoms with Crippen molar-refractivity contribution < 1.29 is 53.1 Å². The number of ether oxygens (including phenoxy) is 4. The van der Waals surface area contributed by atoms with E-state index < -0.39 is 27.8 Å². The van der Waals surface area contributed by atoms with Gasteiger partial charge in [-0.05, 0) is 191 Å². The summed E-state index contributed by atoms with van der Waals surface area (Å²) in [5, 5.41) is 29.1. The Balaban J connectivity index is 0.000000115. The fourth-order valence-electron chi connectivity index (χ4n) is 28.1. The van der Waals surface area contributed by atoms with E-state index in [1.807, 2.05) is 34.6 Å². The molecule has 12 aliphatic carbocycles. The lowest BCUT2D eigenvalue weighted by atomic mass is 9.48. The molecular weight excluding hydrogens is 1580 g/mol. The minimum Gasteiger partial charge on any atom is -0.523 e. The quantitative estimate of drug-likeness (QED) is 0.0398. The number of aromatic nitrogens is 10. The summed E-state index contributed by atoms with van der Waals surface area (Å²) in [6.45, 7) is 48.3. The molecule has 20 rings (SSSR count). The van der Waals surface area contributed by atoms with E-state index in [0.29, 0.717) is 92.5 Å². The predicted molar refractivity (Wildman–Crippen MR) is 464 cm³/mol. The third-order valence-corrected chi connectivity index (χ3v) is 34.4. The summed E-state index contributed by atoms with van der Waals surface area (Å²) in [6, 6.07) is 2.08. The number of ketones is 3. The van der Waals surface area contributed by atoms with Gasteiger partial charge in [-0.15, -0.1) is 0 Å². The van der Waals surface area contributed by atoms with E-state index in [0.717, 1.165) is 173 Å². The molecule has 0 aromatic carbocycles. The van der Waals surface area contributed by atoms with Crippen molar-refractivity contribution in [2.75, 3.05) is 26.4 Å². The molecule has 6 aromatic heterocycles. The summed E-state index contributed by atoms with van der Waals surface area (Å²) in [5.74, 6) is 2.51. The standard InChI is InChI=1S/C17H24N2O3.C17H20N2O2.C16H19N3O2.C16H20N2O3.C16H24O4.C15H20N2O2/c1-15(2)12-5-4-11-10-18-14(20)19-13(11)16(12,3)6-7-17(15)21-8-9-22-17;1-16(2)12-5-4-11-9-18-15(20)19-13(11)17(12,3)8-10-6-7-21-14(10)16;1-15(2)11-6-5-9-8-18-14(21)19-12(9)16(11,3)7-10(17-4)13(15)20;1-15(2)11-5-4-9-7-17-14(21)18-12(9)16(11,3)6-10(8-19)13(15)20;1-14(2)12-5-4-11(10-17)13(18)15(12,3)6-7-16(14)19-8-9-20-16;1-14(2)10-5-4-9-8-16-13(19)17-12(9)15(10,3)7-6-11(14)18/h10,12H,4-9H2,1-3H3,(H,18,19,20);6-7,9,12H,4-5,8H2,1-3H3,(H,18,19,20);8,11,20H,5-7H2,1-3H3,(H,18,19,21);7-8,11,19H,4-6H2,1-3H3,(H,17,18,21);10,12,17H,4-9H2,1-3H3;8,10H,4-7H2,1-3H3,(H,16,17,19)/b;;;10-8-;11-10+;/t12-,16-;12-,17-;2*11-,16-;12-,15-;10-,15-/m000000/s1. The van der Waals surface area contributed by atoms with Crippen LogP contribution in [0.5, 0.6) is 0 Å². The highest BCUT2D eigenvalue weighted by molar-refractivity contribution is 6.01. The first kappa shape index (κ1) is 89.5. The number of aliphatic hydroxyl groups is 3. The molecule has 5 saturated carbocycles. The molecule has 2 aliphatic heterocycles. The fourth-order valence-corrected chi connectivity index (χ4v) is 28.1. The van der Waals surface area contributed by atoms with Crippen molar-refractivity contribution in [2.45, 2.75) is 304 Å². The van der Waals surface area contributed by atoms with Crippen molar-refractivity contribution in [1.29, 1.82) is 0 Å². The van der Waals surface area contributed by atoms with Gasteiger partial charge in [-0.3, -0.25) is 14.4 Å². The number of fused-ring (bicyclic) bond motifs is 17. The van der Waals surface area contributed by atoms with Crippen molar-refractivity contribution in [1.82, 2.24) is 49.8 Å². The third-order valence-electron chi connectivity index (χ3n) is 34.4. The SMILES string of the molecule is CC1(C)C(=O)/C(=C\O)C[C@]2(C)c3[nH]c(=O)ncc3CC[C@@H]12.CC1(C)C(=O)CC[C@]2(C)c3[nH]c(=O)ncc3CC[C@@H]12.CC1(C)[C@@H]2CC/C(=C\O)C(=O)[C@@]2(C)CCC12OCCO2.CC1(C)[C@@H]2CCc3cnc(=O)[nH]c3[C@@]2(C)CCC12OCCO2.CC1(C)c2occc2C[C@]2(C)c3[nH]c(=O)ncc3CC[C@@H]12.[C-]#[N+]C1=C(O)C(C)(C)[C@@H]2CCc3cnc(=O)[nH]c3[C@@]2(C)C1. The topological polar surface area (TPSA) is 395 Å². The maximum atomic E-state index is 12.7. The van der Waals surface area contributed by atoms with E-state index in [2.05, 4.69) is 151 Å². The lowest BCUT2D eigenvalue weighted by Crippen LogP contribution is -2.61. The van der Waals surface area contributed by atoms with Gasteiger partial charge in [0.05, 0.1) is 51.8 Å². The molecule has 0 radical (unpaired) electrons. The molecule has 2 saturated heterocycles. The molecule has 27 nitrogen and oxygen atoms in total. The molecule has 0 bridgehead atoms. The molecule has 124 heavy (non-hydrogen) atoms.